The maximum atomic E-state index is 12.5. The van der Waals surface area contributed by atoms with Gasteiger partial charge < -0.3 is 10.6 Å². The summed E-state index contributed by atoms with van der Waals surface area (Å²) in [6, 6.07) is 12.7. The second-order valence-corrected chi connectivity index (χ2v) is 8.32. The van der Waals surface area contributed by atoms with E-state index < -0.39 is 15.7 Å². The molecule has 6 nitrogen and oxygen atoms in total. The third-order valence-corrected chi connectivity index (χ3v) is 5.57. The molecule has 0 bridgehead atoms. The fourth-order valence-electron chi connectivity index (χ4n) is 2.20. The average molecular weight is 374 g/mol. The molecule has 0 spiro atoms. The van der Waals surface area contributed by atoms with Crippen LogP contribution in [0, 0.1) is 5.92 Å². The summed E-state index contributed by atoms with van der Waals surface area (Å²) in [4.78, 5) is 24.2. The fourth-order valence-corrected chi connectivity index (χ4v) is 3.30. The molecule has 138 valence electrons. The van der Waals surface area contributed by atoms with Gasteiger partial charge in [0, 0.05) is 17.3 Å². The SMILES string of the molecule is CCS(=O)(=O)c1ccccc1C(=O)Nc1ccc(NC(=O)C(C)C)cc1. The van der Waals surface area contributed by atoms with Crippen LogP contribution in [0.25, 0.3) is 0 Å². The maximum absolute atomic E-state index is 12.5. The Labute approximate surface area is 153 Å². The predicted octanol–water partition coefficient (Wildman–Crippen LogP) is 3.33. The minimum atomic E-state index is -3.50. The van der Waals surface area contributed by atoms with Crippen LogP contribution in [0.5, 0.6) is 0 Å². The van der Waals surface area contributed by atoms with Crippen molar-refractivity contribution < 1.29 is 18.0 Å². The first-order valence-corrected chi connectivity index (χ1v) is 9.94. The highest BCUT2D eigenvalue weighted by atomic mass is 32.2. The van der Waals surface area contributed by atoms with Crippen LogP contribution in [0.1, 0.15) is 31.1 Å². The van der Waals surface area contributed by atoms with Crippen molar-refractivity contribution in [1.82, 2.24) is 0 Å². The van der Waals surface area contributed by atoms with Gasteiger partial charge >= 0.3 is 0 Å². The van der Waals surface area contributed by atoms with Crippen LogP contribution in [0.4, 0.5) is 11.4 Å². The van der Waals surface area contributed by atoms with Gasteiger partial charge in [-0.3, -0.25) is 9.59 Å². The van der Waals surface area contributed by atoms with Crippen molar-refractivity contribution in [2.24, 2.45) is 5.92 Å². The fraction of sp³-hybridized carbons (Fsp3) is 0.263. The first kappa shape index (κ1) is 19.7. The topological polar surface area (TPSA) is 92.3 Å². The molecule has 0 saturated heterocycles. The van der Waals surface area contributed by atoms with Gasteiger partial charge in [0.1, 0.15) is 0 Å². The minimum absolute atomic E-state index is 0.0146. The van der Waals surface area contributed by atoms with E-state index in [0.29, 0.717) is 11.4 Å². The monoisotopic (exact) mass is 374 g/mol. The Morgan fingerprint density at radius 3 is 2.00 bits per heavy atom. The molecule has 0 atom stereocenters. The molecule has 0 aromatic heterocycles. The smallest absolute Gasteiger partial charge is 0.256 e. The summed E-state index contributed by atoms with van der Waals surface area (Å²) >= 11 is 0. The molecule has 7 heteroatoms. The third kappa shape index (κ3) is 4.70. The van der Waals surface area contributed by atoms with Gasteiger partial charge in [0.05, 0.1) is 16.2 Å². The summed E-state index contributed by atoms with van der Waals surface area (Å²) in [5, 5.41) is 5.44. The molecule has 0 heterocycles. The lowest BCUT2D eigenvalue weighted by atomic mass is 10.2. The van der Waals surface area contributed by atoms with E-state index in [9.17, 15) is 18.0 Å². The first-order chi connectivity index (χ1) is 12.2. The van der Waals surface area contributed by atoms with Gasteiger partial charge in [0.25, 0.3) is 5.91 Å². The Morgan fingerprint density at radius 2 is 1.46 bits per heavy atom. The van der Waals surface area contributed by atoms with Gasteiger partial charge in [-0.15, -0.1) is 0 Å². The standard InChI is InChI=1S/C19H22N2O4S/c1-4-26(24,25)17-8-6-5-7-16(17)19(23)21-15-11-9-14(10-12-15)20-18(22)13(2)3/h5-13H,4H2,1-3H3,(H,20,22)(H,21,23). The van der Waals surface area contributed by atoms with Crippen LogP contribution >= 0.6 is 0 Å². The van der Waals surface area contributed by atoms with E-state index in [1.807, 2.05) is 0 Å². The average Bonchev–Trinajstić information content (AvgIpc) is 2.63. The van der Waals surface area contributed by atoms with E-state index in [2.05, 4.69) is 10.6 Å². The van der Waals surface area contributed by atoms with Crippen molar-refractivity contribution in [1.29, 1.82) is 0 Å². The first-order valence-electron chi connectivity index (χ1n) is 8.28. The Bertz CT molecular complexity index is 903. The molecular formula is C19H22N2O4S. The number of anilines is 2. The van der Waals surface area contributed by atoms with Crippen molar-refractivity contribution >= 4 is 33.0 Å². The van der Waals surface area contributed by atoms with E-state index in [1.54, 1.807) is 50.2 Å². The summed E-state index contributed by atoms with van der Waals surface area (Å²) in [6.45, 7) is 5.13. The molecule has 0 saturated carbocycles. The quantitative estimate of drug-likeness (QED) is 0.811. The van der Waals surface area contributed by atoms with Gasteiger partial charge in [0.2, 0.25) is 5.91 Å². The van der Waals surface area contributed by atoms with Gasteiger partial charge in [0.15, 0.2) is 9.84 Å². The lowest BCUT2D eigenvalue weighted by Gasteiger charge is -2.11. The number of carbonyl (C=O) groups excluding carboxylic acids is 2. The predicted molar refractivity (Wildman–Crippen MR) is 102 cm³/mol. The number of benzene rings is 2. The number of carbonyl (C=O) groups is 2. The molecule has 0 aliphatic heterocycles. The lowest BCUT2D eigenvalue weighted by molar-refractivity contribution is -0.118. The van der Waals surface area contributed by atoms with Crippen molar-refractivity contribution in [3.05, 3.63) is 54.1 Å². The van der Waals surface area contributed by atoms with Gasteiger partial charge in [-0.1, -0.05) is 32.9 Å². The van der Waals surface area contributed by atoms with Crippen LogP contribution in [-0.4, -0.2) is 26.0 Å². The van der Waals surface area contributed by atoms with E-state index >= 15 is 0 Å². The zero-order valence-corrected chi connectivity index (χ0v) is 15.8. The maximum Gasteiger partial charge on any atom is 0.256 e. The molecule has 0 aliphatic rings. The zero-order valence-electron chi connectivity index (χ0n) is 14.9. The van der Waals surface area contributed by atoms with Crippen molar-refractivity contribution in [3.8, 4) is 0 Å². The van der Waals surface area contributed by atoms with E-state index in [1.165, 1.54) is 19.1 Å². The molecule has 0 radical (unpaired) electrons. The summed E-state index contributed by atoms with van der Waals surface area (Å²) in [5.41, 5.74) is 1.23. The van der Waals surface area contributed by atoms with Gasteiger partial charge in [-0.05, 0) is 36.4 Å². The number of hydrogen-bond donors (Lipinski definition) is 2. The van der Waals surface area contributed by atoms with Crippen LogP contribution in [0.15, 0.2) is 53.4 Å². The van der Waals surface area contributed by atoms with Gasteiger partial charge in [-0.2, -0.15) is 0 Å². The molecule has 0 aliphatic carbocycles. The van der Waals surface area contributed by atoms with Crippen LogP contribution < -0.4 is 10.6 Å². The van der Waals surface area contributed by atoms with Crippen LogP contribution in [-0.2, 0) is 14.6 Å². The number of nitrogens with one attached hydrogen (secondary N) is 2. The Morgan fingerprint density at radius 1 is 0.923 bits per heavy atom. The zero-order chi connectivity index (χ0) is 19.3. The van der Waals surface area contributed by atoms with E-state index in [0.717, 1.165) is 0 Å². The van der Waals surface area contributed by atoms with Crippen molar-refractivity contribution in [2.75, 3.05) is 16.4 Å². The highest BCUT2D eigenvalue weighted by Gasteiger charge is 2.20. The molecule has 0 fully saturated rings. The Kier molecular flexibility index (Phi) is 6.15. The Balaban J connectivity index is 2.18. The summed E-state index contributed by atoms with van der Waals surface area (Å²) in [7, 11) is -3.50. The van der Waals surface area contributed by atoms with E-state index in [4.69, 9.17) is 0 Å². The second-order valence-electron chi connectivity index (χ2n) is 6.08. The molecular weight excluding hydrogens is 352 g/mol. The Hall–Kier alpha value is -2.67. The van der Waals surface area contributed by atoms with Crippen molar-refractivity contribution in [3.63, 3.8) is 0 Å². The second kappa shape index (κ2) is 8.14. The highest BCUT2D eigenvalue weighted by molar-refractivity contribution is 7.91. The minimum Gasteiger partial charge on any atom is -0.326 e. The number of rotatable bonds is 6. The molecule has 2 rings (SSSR count). The summed E-state index contributed by atoms with van der Waals surface area (Å²) in [5.74, 6) is -0.815. The molecule has 2 aromatic carbocycles. The molecule has 2 N–H and O–H groups in total. The van der Waals surface area contributed by atoms with Crippen molar-refractivity contribution in [2.45, 2.75) is 25.7 Å². The molecule has 2 amide bonds. The number of amides is 2. The van der Waals surface area contributed by atoms with E-state index in [-0.39, 0.29) is 28.0 Å². The largest absolute Gasteiger partial charge is 0.326 e. The molecule has 2 aromatic rings. The third-order valence-electron chi connectivity index (χ3n) is 3.78. The highest BCUT2D eigenvalue weighted by Crippen LogP contribution is 2.20. The summed E-state index contributed by atoms with van der Waals surface area (Å²) < 4.78 is 24.3. The van der Waals surface area contributed by atoms with Crippen LogP contribution in [0.2, 0.25) is 0 Å². The lowest BCUT2D eigenvalue weighted by Crippen LogP contribution is -2.18. The van der Waals surface area contributed by atoms with Crippen LogP contribution in [0.3, 0.4) is 0 Å². The number of hydrogen-bond acceptors (Lipinski definition) is 4. The summed E-state index contributed by atoms with van der Waals surface area (Å²) in [6.07, 6.45) is 0. The van der Waals surface area contributed by atoms with Gasteiger partial charge in [-0.25, -0.2) is 8.42 Å². The number of sulfone groups is 1. The normalized spacial score (nSPS) is 11.2. The molecule has 26 heavy (non-hydrogen) atoms. The molecule has 0 unspecified atom stereocenters.